The van der Waals surface area contributed by atoms with Crippen LogP contribution in [0.4, 0.5) is 0 Å². The number of piperazine rings is 1. The second-order valence-electron chi connectivity index (χ2n) is 9.26. The van der Waals surface area contributed by atoms with E-state index in [1.165, 1.54) is 0 Å². The molecule has 2 amide bonds. The molecular weight excluding hydrogens is 414 g/mol. The standard InChI is InChI=1S/C26H37N5O2/c1-19(2)31(20(3)4)14-13-27-25(32)24-8-6-7-23(28-24)21-9-11-22(12-10-21)26(33)30-17-15-29(5)16-18-30/h6-12,19-20H,13-18H2,1-5H3,(H,27,32). The predicted molar refractivity (Wildman–Crippen MR) is 132 cm³/mol. The van der Waals surface area contributed by atoms with E-state index < -0.39 is 0 Å². The van der Waals surface area contributed by atoms with Crippen molar-refractivity contribution in [2.24, 2.45) is 0 Å². The Hall–Kier alpha value is -2.77. The number of rotatable bonds is 8. The van der Waals surface area contributed by atoms with Gasteiger partial charge in [-0.3, -0.25) is 14.5 Å². The minimum absolute atomic E-state index is 0.0626. The van der Waals surface area contributed by atoms with Gasteiger partial charge < -0.3 is 15.1 Å². The second kappa shape index (κ2) is 11.4. The molecule has 0 bridgehead atoms. The fraction of sp³-hybridized carbons (Fsp3) is 0.500. The van der Waals surface area contributed by atoms with Crippen molar-refractivity contribution in [3.8, 4) is 11.3 Å². The first-order valence-corrected chi connectivity index (χ1v) is 11.9. The van der Waals surface area contributed by atoms with E-state index in [0.717, 1.165) is 38.3 Å². The number of benzene rings is 1. The second-order valence-corrected chi connectivity index (χ2v) is 9.26. The number of amides is 2. The molecule has 2 heterocycles. The third kappa shape index (κ3) is 6.62. The molecule has 1 aromatic heterocycles. The van der Waals surface area contributed by atoms with Gasteiger partial charge in [0.25, 0.3) is 11.8 Å². The van der Waals surface area contributed by atoms with Gasteiger partial charge in [-0.05, 0) is 59.0 Å². The molecule has 1 N–H and O–H groups in total. The van der Waals surface area contributed by atoms with Gasteiger partial charge >= 0.3 is 0 Å². The minimum Gasteiger partial charge on any atom is -0.349 e. The maximum atomic E-state index is 12.8. The summed E-state index contributed by atoms with van der Waals surface area (Å²) in [7, 11) is 2.07. The molecule has 1 aromatic carbocycles. The summed E-state index contributed by atoms with van der Waals surface area (Å²) in [5.74, 6) is -0.112. The molecule has 3 rings (SSSR count). The van der Waals surface area contributed by atoms with Crippen LogP contribution in [0.5, 0.6) is 0 Å². The van der Waals surface area contributed by atoms with Gasteiger partial charge in [0.15, 0.2) is 0 Å². The topological polar surface area (TPSA) is 68.8 Å². The zero-order valence-electron chi connectivity index (χ0n) is 20.5. The molecule has 0 radical (unpaired) electrons. The summed E-state index contributed by atoms with van der Waals surface area (Å²) < 4.78 is 0. The van der Waals surface area contributed by atoms with Crippen LogP contribution in [0.25, 0.3) is 11.3 Å². The third-order valence-corrected chi connectivity index (χ3v) is 6.18. The molecule has 178 valence electrons. The summed E-state index contributed by atoms with van der Waals surface area (Å²) in [6.45, 7) is 13.3. The first-order chi connectivity index (χ1) is 15.8. The van der Waals surface area contributed by atoms with Crippen LogP contribution in [0.1, 0.15) is 48.5 Å². The highest BCUT2D eigenvalue weighted by Gasteiger charge is 2.20. The molecule has 0 saturated carbocycles. The van der Waals surface area contributed by atoms with Gasteiger partial charge in [-0.1, -0.05) is 18.2 Å². The molecule has 2 aromatic rings. The molecule has 7 heteroatoms. The molecule has 7 nitrogen and oxygen atoms in total. The van der Waals surface area contributed by atoms with E-state index >= 15 is 0 Å². The monoisotopic (exact) mass is 451 g/mol. The zero-order valence-corrected chi connectivity index (χ0v) is 20.5. The van der Waals surface area contributed by atoms with Crippen molar-refractivity contribution >= 4 is 11.8 Å². The predicted octanol–water partition coefficient (Wildman–Crippen LogP) is 2.98. The average Bonchev–Trinajstić information content (AvgIpc) is 2.81. The molecule has 0 unspecified atom stereocenters. The van der Waals surface area contributed by atoms with Crippen molar-refractivity contribution in [3.63, 3.8) is 0 Å². The third-order valence-electron chi connectivity index (χ3n) is 6.18. The number of carbonyl (C=O) groups is 2. The number of pyridine rings is 1. The Morgan fingerprint density at radius 3 is 2.21 bits per heavy atom. The van der Waals surface area contributed by atoms with E-state index in [1.54, 1.807) is 6.07 Å². The Kier molecular flexibility index (Phi) is 8.58. The van der Waals surface area contributed by atoms with Crippen LogP contribution in [-0.4, -0.2) is 89.9 Å². The fourth-order valence-corrected chi connectivity index (χ4v) is 4.20. The number of nitrogens with one attached hydrogen (secondary N) is 1. The first-order valence-electron chi connectivity index (χ1n) is 11.9. The van der Waals surface area contributed by atoms with Gasteiger partial charge in [0.05, 0.1) is 5.69 Å². The van der Waals surface area contributed by atoms with Crippen LogP contribution < -0.4 is 5.32 Å². The average molecular weight is 452 g/mol. The lowest BCUT2D eigenvalue weighted by Crippen LogP contribution is -2.47. The minimum atomic E-state index is -0.175. The van der Waals surface area contributed by atoms with E-state index in [1.807, 2.05) is 41.3 Å². The van der Waals surface area contributed by atoms with Crippen LogP contribution in [0, 0.1) is 0 Å². The molecule has 33 heavy (non-hydrogen) atoms. The molecule has 1 saturated heterocycles. The maximum absolute atomic E-state index is 12.8. The Balaban J connectivity index is 1.62. The smallest absolute Gasteiger partial charge is 0.269 e. The Morgan fingerprint density at radius 2 is 1.61 bits per heavy atom. The first kappa shape index (κ1) is 24.9. The van der Waals surface area contributed by atoms with E-state index in [9.17, 15) is 9.59 Å². The van der Waals surface area contributed by atoms with Gasteiger partial charge in [0, 0.05) is 62.5 Å². The lowest BCUT2D eigenvalue weighted by atomic mass is 10.1. The zero-order chi connectivity index (χ0) is 24.0. The highest BCUT2D eigenvalue weighted by Crippen LogP contribution is 2.19. The summed E-state index contributed by atoms with van der Waals surface area (Å²) in [6.07, 6.45) is 0. The van der Waals surface area contributed by atoms with Gasteiger partial charge in [-0.25, -0.2) is 4.98 Å². The van der Waals surface area contributed by atoms with E-state index in [2.05, 4.69) is 54.8 Å². The molecule has 0 aliphatic carbocycles. The number of nitrogens with zero attached hydrogens (tertiary/aromatic N) is 4. The van der Waals surface area contributed by atoms with Crippen molar-refractivity contribution in [2.45, 2.75) is 39.8 Å². The normalized spacial score (nSPS) is 14.8. The fourth-order valence-electron chi connectivity index (χ4n) is 4.20. The lowest BCUT2D eigenvalue weighted by Gasteiger charge is -2.32. The van der Waals surface area contributed by atoms with Crippen LogP contribution in [0.15, 0.2) is 42.5 Å². The maximum Gasteiger partial charge on any atom is 0.269 e. The summed E-state index contributed by atoms with van der Waals surface area (Å²) >= 11 is 0. The summed E-state index contributed by atoms with van der Waals surface area (Å²) in [5.41, 5.74) is 2.67. The van der Waals surface area contributed by atoms with Gasteiger partial charge in [0.2, 0.25) is 0 Å². The van der Waals surface area contributed by atoms with E-state index in [0.29, 0.717) is 35.6 Å². The van der Waals surface area contributed by atoms with Gasteiger partial charge in [-0.2, -0.15) is 0 Å². The Morgan fingerprint density at radius 1 is 0.970 bits per heavy atom. The van der Waals surface area contributed by atoms with Crippen molar-refractivity contribution in [3.05, 3.63) is 53.7 Å². The van der Waals surface area contributed by atoms with Crippen molar-refractivity contribution in [2.75, 3.05) is 46.3 Å². The SMILES string of the molecule is CC(C)N(CCNC(=O)c1cccc(-c2ccc(C(=O)N3CCN(C)CC3)cc2)n1)C(C)C. The van der Waals surface area contributed by atoms with Crippen LogP contribution in [0.3, 0.4) is 0 Å². The Bertz CT molecular complexity index is 926. The molecule has 1 aliphatic heterocycles. The summed E-state index contributed by atoms with van der Waals surface area (Å²) in [4.78, 5) is 36.4. The van der Waals surface area contributed by atoms with Crippen LogP contribution >= 0.6 is 0 Å². The van der Waals surface area contributed by atoms with Crippen LogP contribution in [-0.2, 0) is 0 Å². The molecule has 0 atom stereocenters. The number of hydrogen-bond donors (Lipinski definition) is 1. The van der Waals surface area contributed by atoms with Gasteiger partial charge in [0.1, 0.15) is 5.69 Å². The molecule has 0 spiro atoms. The number of likely N-dealkylation sites (N-methyl/N-ethyl adjacent to an activating group) is 1. The number of carbonyl (C=O) groups excluding carboxylic acids is 2. The van der Waals surface area contributed by atoms with Gasteiger partial charge in [-0.15, -0.1) is 0 Å². The van der Waals surface area contributed by atoms with Crippen LogP contribution in [0.2, 0.25) is 0 Å². The summed E-state index contributed by atoms with van der Waals surface area (Å²) in [6, 6.07) is 13.8. The molecular formula is C26H37N5O2. The largest absolute Gasteiger partial charge is 0.349 e. The number of hydrogen-bond acceptors (Lipinski definition) is 5. The molecule has 1 fully saturated rings. The summed E-state index contributed by atoms with van der Waals surface area (Å²) in [5, 5.41) is 2.98. The lowest BCUT2D eigenvalue weighted by molar-refractivity contribution is 0.0664. The van der Waals surface area contributed by atoms with Crippen molar-refractivity contribution in [1.29, 1.82) is 0 Å². The van der Waals surface area contributed by atoms with E-state index in [-0.39, 0.29) is 11.8 Å². The highest BCUT2D eigenvalue weighted by molar-refractivity contribution is 5.95. The Labute approximate surface area is 197 Å². The van der Waals surface area contributed by atoms with Crippen molar-refractivity contribution in [1.82, 2.24) is 25.0 Å². The number of aromatic nitrogens is 1. The highest BCUT2D eigenvalue weighted by atomic mass is 16.2. The molecule has 1 aliphatic rings. The van der Waals surface area contributed by atoms with Crippen molar-refractivity contribution < 1.29 is 9.59 Å². The van der Waals surface area contributed by atoms with E-state index in [4.69, 9.17) is 0 Å². The quantitative estimate of drug-likeness (QED) is 0.668.